The lowest BCUT2D eigenvalue weighted by molar-refractivity contribution is -0.137. The molecule has 6 heteroatoms. The number of unbranched alkanes of at least 4 members (excludes halogenated alkanes) is 7. The van der Waals surface area contributed by atoms with Crippen LogP contribution in [0.1, 0.15) is 63.9 Å². The van der Waals surface area contributed by atoms with Gasteiger partial charge in [-0.15, -0.1) is 0 Å². The molecule has 0 saturated carbocycles. The highest BCUT2D eigenvalue weighted by atomic mass is 19.4. The lowest BCUT2D eigenvalue weighted by Crippen LogP contribution is -2.04. The molecule has 2 aromatic rings. The second-order valence-corrected chi connectivity index (χ2v) is 6.22. The highest BCUT2D eigenvalue weighted by molar-refractivity contribution is 5.78. The van der Waals surface area contributed by atoms with Gasteiger partial charge in [0.15, 0.2) is 0 Å². The Bertz CT molecular complexity index is 619. The summed E-state index contributed by atoms with van der Waals surface area (Å²) in [6.07, 6.45) is 5.62. The maximum Gasteiger partial charge on any atom is 0.416 e. The summed E-state index contributed by atoms with van der Waals surface area (Å²) in [5.74, 6) is 0.535. The number of aromatic amines is 1. The molecule has 0 aliphatic carbocycles. The zero-order valence-electron chi connectivity index (χ0n) is 14.2. The van der Waals surface area contributed by atoms with Crippen molar-refractivity contribution in [1.82, 2.24) is 9.97 Å². The Hall–Kier alpha value is -1.72. The number of H-pyrrole nitrogens is 1. The zero-order valence-corrected chi connectivity index (χ0v) is 14.2. The van der Waals surface area contributed by atoms with E-state index >= 15 is 0 Å². The van der Waals surface area contributed by atoms with Crippen LogP contribution in [0.4, 0.5) is 19.1 Å². The largest absolute Gasteiger partial charge is 0.416 e. The summed E-state index contributed by atoms with van der Waals surface area (Å²) in [5.41, 5.74) is 0.279. The van der Waals surface area contributed by atoms with E-state index in [9.17, 15) is 13.2 Å². The first kappa shape index (κ1) is 18.6. The fourth-order valence-corrected chi connectivity index (χ4v) is 2.73. The molecule has 3 nitrogen and oxygen atoms in total. The first-order valence-corrected chi connectivity index (χ1v) is 8.81. The van der Waals surface area contributed by atoms with Crippen LogP contribution in [0.25, 0.3) is 11.0 Å². The van der Waals surface area contributed by atoms with Gasteiger partial charge in [-0.05, 0) is 24.6 Å². The molecule has 0 aliphatic heterocycles. The minimum Gasteiger partial charge on any atom is -0.356 e. The second kappa shape index (κ2) is 8.94. The third kappa shape index (κ3) is 5.73. The highest BCUT2D eigenvalue weighted by Crippen LogP contribution is 2.31. The lowest BCUT2D eigenvalue weighted by atomic mass is 10.1. The van der Waals surface area contributed by atoms with Crippen molar-refractivity contribution in [3.8, 4) is 0 Å². The number of aromatic nitrogens is 2. The summed E-state index contributed by atoms with van der Waals surface area (Å²) in [6, 6.07) is 3.57. The molecule has 2 N–H and O–H groups in total. The van der Waals surface area contributed by atoms with Crippen LogP contribution in [-0.2, 0) is 6.18 Å². The van der Waals surface area contributed by atoms with Crippen molar-refractivity contribution in [2.45, 2.75) is 64.5 Å². The van der Waals surface area contributed by atoms with Gasteiger partial charge in [0.05, 0.1) is 16.6 Å². The molecule has 0 amide bonds. The molecular weight excluding hydrogens is 315 g/mol. The average molecular weight is 341 g/mol. The van der Waals surface area contributed by atoms with Crippen molar-refractivity contribution in [2.24, 2.45) is 0 Å². The number of fused-ring (bicyclic) bond motifs is 1. The van der Waals surface area contributed by atoms with E-state index in [1.54, 1.807) is 0 Å². The summed E-state index contributed by atoms with van der Waals surface area (Å²) in [7, 11) is 0. The maximum atomic E-state index is 12.7. The Balaban J connectivity index is 1.72. The molecule has 134 valence electrons. The predicted octanol–water partition coefficient (Wildman–Crippen LogP) is 6.13. The van der Waals surface area contributed by atoms with Crippen molar-refractivity contribution in [3.63, 3.8) is 0 Å². The second-order valence-electron chi connectivity index (χ2n) is 6.22. The Morgan fingerprint density at radius 3 is 2.33 bits per heavy atom. The van der Waals surface area contributed by atoms with Crippen LogP contribution in [0.15, 0.2) is 18.2 Å². The van der Waals surface area contributed by atoms with Crippen molar-refractivity contribution in [1.29, 1.82) is 0 Å². The van der Waals surface area contributed by atoms with E-state index in [0.29, 0.717) is 17.0 Å². The quantitative estimate of drug-likeness (QED) is 0.510. The normalized spacial score (nSPS) is 12.0. The number of anilines is 1. The molecule has 2 rings (SSSR count). The number of halogens is 3. The molecule has 24 heavy (non-hydrogen) atoms. The number of alkyl halides is 3. The van der Waals surface area contributed by atoms with Crippen LogP contribution in [0, 0.1) is 0 Å². The molecule has 1 aromatic carbocycles. The molecule has 0 fully saturated rings. The van der Waals surface area contributed by atoms with E-state index in [-0.39, 0.29) is 0 Å². The minimum absolute atomic E-state index is 0.336. The van der Waals surface area contributed by atoms with Gasteiger partial charge in [-0.2, -0.15) is 13.2 Å². The fraction of sp³-hybridized carbons (Fsp3) is 0.611. The van der Waals surface area contributed by atoms with Gasteiger partial charge in [0.2, 0.25) is 5.95 Å². The molecule has 0 unspecified atom stereocenters. The van der Waals surface area contributed by atoms with E-state index in [1.165, 1.54) is 44.6 Å². The monoisotopic (exact) mass is 341 g/mol. The SMILES string of the molecule is CCCCCCCCCCNc1nc2cc(C(F)(F)F)ccc2[nH]1. The van der Waals surface area contributed by atoms with Gasteiger partial charge in [-0.3, -0.25) is 0 Å². The number of rotatable bonds is 10. The van der Waals surface area contributed by atoms with Gasteiger partial charge in [0, 0.05) is 6.54 Å². The van der Waals surface area contributed by atoms with E-state index in [0.717, 1.165) is 31.5 Å². The molecule has 0 saturated heterocycles. The summed E-state index contributed by atoms with van der Waals surface area (Å²) in [5, 5.41) is 3.16. The van der Waals surface area contributed by atoms with Crippen molar-refractivity contribution < 1.29 is 13.2 Å². The number of benzene rings is 1. The standard InChI is InChI=1S/C18H26F3N3/c1-2-3-4-5-6-7-8-9-12-22-17-23-15-11-10-14(18(19,20)21)13-16(15)24-17/h10-11,13H,2-9,12H2,1H3,(H2,22,23,24). The first-order chi connectivity index (χ1) is 11.5. The van der Waals surface area contributed by atoms with Crippen LogP contribution >= 0.6 is 0 Å². The molecule has 1 aromatic heterocycles. The minimum atomic E-state index is -4.34. The van der Waals surface area contributed by atoms with Gasteiger partial charge in [-0.25, -0.2) is 4.98 Å². The molecule has 0 atom stereocenters. The molecular formula is C18H26F3N3. The number of nitrogens with one attached hydrogen (secondary N) is 2. The maximum absolute atomic E-state index is 12.7. The Morgan fingerprint density at radius 2 is 1.67 bits per heavy atom. The smallest absolute Gasteiger partial charge is 0.356 e. The number of nitrogens with zero attached hydrogens (tertiary/aromatic N) is 1. The number of hydrogen-bond donors (Lipinski definition) is 2. The van der Waals surface area contributed by atoms with Crippen LogP contribution in [0.3, 0.4) is 0 Å². The van der Waals surface area contributed by atoms with Gasteiger partial charge in [0.1, 0.15) is 0 Å². The topological polar surface area (TPSA) is 40.7 Å². The van der Waals surface area contributed by atoms with Crippen molar-refractivity contribution in [3.05, 3.63) is 23.8 Å². The van der Waals surface area contributed by atoms with Crippen LogP contribution in [0.5, 0.6) is 0 Å². The summed E-state index contributed by atoms with van der Waals surface area (Å²) in [6.45, 7) is 2.99. The molecule has 0 spiro atoms. The first-order valence-electron chi connectivity index (χ1n) is 8.81. The Labute approximate surface area is 141 Å². The highest BCUT2D eigenvalue weighted by Gasteiger charge is 2.30. The average Bonchev–Trinajstić information content (AvgIpc) is 2.94. The predicted molar refractivity (Wildman–Crippen MR) is 92.2 cm³/mol. The molecule has 0 bridgehead atoms. The van der Waals surface area contributed by atoms with E-state index in [2.05, 4.69) is 22.2 Å². The molecule has 0 aliphatic rings. The third-order valence-electron chi connectivity index (χ3n) is 4.13. The summed E-state index contributed by atoms with van der Waals surface area (Å²) >= 11 is 0. The van der Waals surface area contributed by atoms with Crippen LogP contribution in [-0.4, -0.2) is 16.5 Å². The van der Waals surface area contributed by atoms with Crippen LogP contribution < -0.4 is 5.32 Å². The van der Waals surface area contributed by atoms with Crippen molar-refractivity contribution in [2.75, 3.05) is 11.9 Å². The van der Waals surface area contributed by atoms with Gasteiger partial charge in [-0.1, -0.05) is 51.9 Å². The number of imidazole rings is 1. The molecule has 1 heterocycles. The van der Waals surface area contributed by atoms with E-state index in [1.807, 2.05) is 0 Å². The van der Waals surface area contributed by atoms with Gasteiger partial charge in [0.25, 0.3) is 0 Å². The van der Waals surface area contributed by atoms with E-state index < -0.39 is 11.7 Å². The molecule has 0 radical (unpaired) electrons. The number of hydrogen-bond acceptors (Lipinski definition) is 2. The van der Waals surface area contributed by atoms with Crippen LogP contribution in [0.2, 0.25) is 0 Å². The Kier molecular flexibility index (Phi) is 6.94. The zero-order chi connectivity index (χ0) is 17.4. The Morgan fingerprint density at radius 1 is 1.00 bits per heavy atom. The van der Waals surface area contributed by atoms with Gasteiger partial charge < -0.3 is 10.3 Å². The summed E-state index contributed by atoms with van der Waals surface area (Å²) < 4.78 is 38.1. The lowest BCUT2D eigenvalue weighted by Gasteiger charge is -2.04. The third-order valence-corrected chi connectivity index (χ3v) is 4.13. The van der Waals surface area contributed by atoms with E-state index in [4.69, 9.17) is 0 Å². The van der Waals surface area contributed by atoms with Gasteiger partial charge >= 0.3 is 6.18 Å². The fourth-order valence-electron chi connectivity index (χ4n) is 2.73. The van der Waals surface area contributed by atoms with Crippen molar-refractivity contribution >= 4 is 17.0 Å². The summed E-state index contributed by atoms with van der Waals surface area (Å²) in [4.78, 5) is 7.20.